The number of nitrogens with one attached hydrogen (secondary N) is 1. The zero-order valence-corrected chi connectivity index (χ0v) is 9.05. The Morgan fingerprint density at radius 1 is 1.69 bits per heavy atom. The van der Waals surface area contributed by atoms with Gasteiger partial charge in [0.15, 0.2) is 5.82 Å². The molecule has 0 bridgehead atoms. The van der Waals surface area contributed by atoms with Gasteiger partial charge in [0, 0.05) is 12.7 Å². The minimum absolute atomic E-state index is 0.109. The zero-order valence-electron chi connectivity index (χ0n) is 7.47. The second-order valence-corrected chi connectivity index (χ2v) is 4.67. The monoisotopic (exact) mass is 243 g/mol. The summed E-state index contributed by atoms with van der Waals surface area (Å²) in [7, 11) is 0. The molecule has 0 fully saturated rings. The molecule has 0 spiro atoms. The van der Waals surface area contributed by atoms with Gasteiger partial charge in [-0.2, -0.15) is 0 Å². The normalized spacial score (nSPS) is 19.5. The fourth-order valence-electron chi connectivity index (χ4n) is 1.51. The molecular weight excluding hydrogens is 234 g/mol. The van der Waals surface area contributed by atoms with Crippen molar-refractivity contribution < 1.29 is 4.79 Å². The predicted molar refractivity (Wildman–Crippen MR) is 51.5 cm³/mol. The summed E-state index contributed by atoms with van der Waals surface area (Å²) in [6.45, 7) is 4.73. The van der Waals surface area contributed by atoms with Crippen LogP contribution in [0.1, 0.15) is 24.5 Å². The van der Waals surface area contributed by atoms with Gasteiger partial charge in [-0.15, -0.1) is 0 Å². The molecule has 13 heavy (non-hydrogen) atoms. The van der Waals surface area contributed by atoms with Crippen molar-refractivity contribution in [2.45, 2.75) is 25.9 Å². The van der Waals surface area contributed by atoms with Crippen molar-refractivity contribution in [1.29, 1.82) is 0 Å². The number of carbonyl (C=O) groups excluding carboxylic acids is 1. The highest BCUT2D eigenvalue weighted by Crippen LogP contribution is 2.18. The van der Waals surface area contributed by atoms with E-state index in [0.29, 0.717) is 10.4 Å². The van der Waals surface area contributed by atoms with E-state index in [9.17, 15) is 4.79 Å². The first kappa shape index (κ1) is 8.74. The van der Waals surface area contributed by atoms with Gasteiger partial charge in [0.1, 0.15) is 4.60 Å². The molecule has 0 radical (unpaired) electrons. The van der Waals surface area contributed by atoms with E-state index in [1.807, 2.05) is 24.6 Å². The van der Waals surface area contributed by atoms with Crippen molar-refractivity contribution in [3.05, 3.63) is 16.6 Å². The lowest BCUT2D eigenvalue weighted by atomic mass is 10.0. The third-order valence-corrected chi connectivity index (χ3v) is 2.35. The lowest BCUT2D eigenvalue weighted by Gasteiger charge is -2.31. The maximum Gasteiger partial charge on any atom is 0.287 e. The van der Waals surface area contributed by atoms with Crippen molar-refractivity contribution in [3.63, 3.8) is 0 Å². The Morgan fingerprint density at radius 3 is 3.08 bits per heavy atom. The van der Waals surface area contributed by atoms with Gasteiger partial charge >= 0.3 is 0 Å². The van der Waals surface area contributed by atoms with Crippen LogP contribution < -0.4 is 5.32 Å². The topological polar surface area (TPSA) is 46.9 Å². The van der Waals surface area contributed by atoms with Crippen LogP contribution in [-0.4, -0.2) is 21.0 Å². The first-order valence-corrected chi connectivity index (χ1v) is 4.82. The Morgan fingerprint density at radius 2 is 2.38 bits per heavy atom. The average molecular weight is 244 g/mol. The Balaban J connectivity index is 2.48. The standard InChI is InChI=1S/C8H10BrN3O/c1-8(2)4-12-3-5(9)10-6(12)7(13)11-8/h3H,4H2,1-2H3,(H,11,13). The predicted octanol–water partition coefficient (Wildman–Crippen LogP) is 1.17. The van der Waals surface area contributed by atoms with Crippen molar-refractivity contribution in [1.82, 2.24) is 14.9 Å². The van der Waals surface area contributed by atoms with E-state index in [0.717, 1.165) is 6.54 Å². The number of rotatable bonds is 0. The van der Waals surface area contributed by atoms with Gasteiger partial charge in [-0.05, 0) is 29.8 Å². The molecule has 5 heteroatoms. The number of hydrogen-bond acceptors (Lipinski definition) is 2. The van der Waals surface area contributed by atoms with Crippen LogP contribution in [0.2, 0.25) is 0 Å². The maximum atomic E-state index is 11.5. The number of halogens is 1. The van der Waals surface area contributed by atoms with E-state index in [1.165, 1.54) is 0 Å². The molecule has 0 aromatic carbocycles. The van der Waals surface area contributed by atoms with Crippen LogP contribution in [0.4, 0.5) is 0 Å². The second kappa shape index (κ2) is 2.57. The smallest absolute Gasteiger partial charge is 0.287 e. The van der Waals surface area contributed by atoms with Gasteiger partial charge in [0.05, 0.1) is 5.54 Å². The average Bonchev–Trinajstić information content (AvgIpc) is 2.27. The highest BCUT2D eigenvalue weighted by atomic mass is 79.9. The highest BCUT2D eigenvalue weighted by molar-refractivity contribution is 9.10. The minimum atomic E-state index is -0.190. The Kier molecular flexibility index (Phi) is 1.73. The van der Waals surface area contributed by atoms with Crippen LogP contribution >= 0.6 is 15.9 Å². The van der Waals surface area contributed by atoms with Crippen molar-refractivity contribution in [3.8, 4) is 0 Å². The van der Waals surface area contributed by atoms with E-state index in [2.05, 4.69) is 26.2 Å². The molecule has 2 rings (SSSR count). The molecule has 1 N–H and O–H groups in total. The summed E-state index contributed by atoms with van der Waals surface area (Å²) in [4.78, 5) is 15.6. The van der Waals surface area contributed by atoms with Gasteiger partial charge in [-0.1, -0.05) is 0 Å². The van der Waals surface area contributed by atoms with Gasteiger partial charge in [0.2, 0.25) is 0 Å². The van der Waals surface area contributed by atoms with E-state index < -0.39 is 0 Å². The molecule has 70 valence electrons. The molecular formula is C8H10BrN3O. The lowest BCUT2D eigenvalue weighted by Crippen LogP contribution is -2.51. The summed E-state index contributed by atoms with van der Waals surface area (Å²) < 4.78 is 2.57. The van der Waals surface area contributed by atoms with E-state index in [-0.39, 0.29) is 11.4 Å². The molecule has 0 atom stereocenters. The first-order chi connectivity index (χ1) is 5.98. The summed E-state index contributed by atoms with van der Waals surface area (Å²) >= 11 is 3.25. The van der Waals surface area contributed by atoms with Gasteiger partial charge in [0.25, 0.3) is 5.91 Å². The fraction of sp³-hybridized carbons (Fsp3) is 0.500. The van der Waals surface area contributed by atoms with Crippen LogP contribution in [0.5, 0.6) is 0 Å². The molecule has 1 aromatic rings. The molecule has 1 aliphatic heterocycles. The minimum Gasteiger partial charge on any atom is -0.343 e. The summed E-state index contributed by atoms with van der Waals surface area (Å²) in [6, 6.07) is 0. The van der Waals surface area contributed by atoms with Crippen molar-refractivity contribution >= 4 is 21.8 Å². The summed E-state index contributed by atoms with van der Waals surface area (Å²) in [6.07, 6.45) is 1.83. The molecule has 0 saturated carbocycles. The van der Waals surface area contributed by atoms with Crippen molar-refractivity contribution in [2.75, 3.05) is 0 Å². The third-order valence-electron chi connectivity index (χ3n) is 1.97. The number of imidazole rings is 1. The number of hydrogen-bond donors (Lipinski definition) is 1. The number of fused-ring (bicyclic) bond motifs is 1. The number of nitrogens with zero attached hydrogens (tertiary/aromatic N) is 2. The van der Waals surface area contributed by atoms with Crippen LogP contribution in [0.25, 0.3) is 0 Å². The summed E-state index contributed by atoms with van der Waals surface area (Å²) in [5.41, 5.74) is -0.190. The van der Waals surface area contributed by atoms with Crippen LogP contribution in [0, 0.1) is 0 Å². The molecule has 4 nitrogen and oxygen atoms in total. The Labute approximate surface area is 84.5 Å². The van der Waals surface area contributed by atoms with E-state index in [4.69, 9.17) is 0 Å². The molecule has 1 aromatic heterocycles. The molecule has 0 saturated heterocycles. The second-order valence-electron chi connectivity index (χ2n) is 3.85. The number of amides is 1. The summed E-state index contributed by atoms with van der Waals surface area (Å²) in [5, 5.41) is 2.88. The van der Waals surface area contributed by atoms with E-state index in [1.54, 1.807) is 0 Å². The Bertz CT molecular complexity index is 369. The first-order valence-electron chi connectivity index (χ1n) is 4.03. The fourth-order valence-corrected chi connectivity index (χ4v) is 1.93. The molecule has 0 unspecified atom stereocenters. The Hall–Kier alpha value is -0.840. The lowest BCUT2D eigenvalue weighted by molar-refractivity contribution is 0.0855. The number of aromatic nitrogens is 2. The quantitative estimate of drug-likeness (QED) is 0.744. The van der Waals surface area contributed by atoms with Crippen molar-refractivity contribution in [2.24, 2.45) is 0 Å². The highest BCUT2D eigenvalue weighted by Gasteiger charge is 2.30. The van der Waals surface area contributed by atoms with Crippen LogP contribution in [0.15, 0.2) is 10.8 Å². The number of carbonyl (C=O) groups is 1. The largest absolute Gasteiger partial charge is 0.343 e. The van der Waals surface area contributed by atoms with Crippen LogP contribution in [0.3, 0.4) is 0 Å². The molecule has 1 amide bonds. The molecule has 0 aliphatic carbocycles. The molecule has 1 aliphatic rings. The van der Waals surface area contributed by atoms with Gasteiger partial charge in [-0.3, -0.25) is 4.79 Å². The van der Waals surface area contributed by atoms with Crippen LogP contribution in [-0.2, 0) is 6.54 Å². The third kappa shape index (κ3) is 1.48. The zero-order chi connectivity index (χ0) is 9.64. The SMILES string of the molecule is CC1(C)Cn2cc(Br)nc2C(=O)N1. The molecule has 2 heterocycles. The van der Waals surface area contributed by atoms with Gasteiger partial charge < -0.3 is 9.88 Å². The summed E-state index contributed by atoms with van der Waals surface area (Å²) in [5.74, 6) is 0.369. The maximum absolute atomic E-state index is 11.5. The van der Waals surface area contributed by atoms with Gasteiger partial charge in [-0.25, -0.2) is 4.98 Å². The van der Waals surface area contributed by atoms with E-state index >= 15 is 0 Å².